The molecule has 1 aromatic heterocycles. The predicted octanol–water partition coefficient (Wildman–Crippen LogP) is 3.48. The smallest absolute Gasteiger partial charge is 0.231 e. The molecule has 1 amide bonds. The van der Waals surface area contributed by atoms with Crippen LogP contribution in [0.5, 0.6) is 0 Å². The van der Waals surface area contributed by atoms with Crippen molar-refractivity contribution in [2.45, 2.75) is 70.6 Å². The van der Waals surface area contributed by atoms with E-state index < -0.39 is 0 Å². The zero-order chi connectivity index (χ0) is 15.5. The summed E-state index contributed by atoms with van der Waals surface area (Å²) in [6, 6.07) is 0. The summed E-state index contributed by atoms with van der Waals surface area (Å²) in [5, 5.41) is 4.12. The first-order valence-corrected chi connectivity index (χ1v) is 8.81. The summed E-state index contributed by atoms with van der Waals surface area (Å²) >= 11 is 0. The van der Waals surface area contributed by atoms with E-state index in [1.165, 1.54) is 12.8 Å². The number of carbonyl (C=O) groups excluding carboxylic acids is 1. The molecule has 1 saturated carbocycles. The molecule has 0 spiro atoms. The van der Waals surface area contributed by atoms with Crippen LogP contribution in [0.15, 0.2) is 4.52 Å². The third kappa shape index (κ3) is 3.18. The van der Waals surface area contributed by atoms with Gasteiger partial charge in [0.1, 0.15) is 0 Å². The average molecular weight is 305 g/mol. The molecule has 2 atom stereocenters. The molecular formula is C17H27N3O2. The Labute approximate surface area is 132 Å². The fraction of sp³-hybridized carbons (Fsp3) is 0.824. The molecule has 5 heteroatoms. The van der Waals surface area contributed by atoms with Gasteiger partial charge < -0.3 is 9.42 Å². The van der Waals surface area contributed by atoms with Crippen LogP contribution in [0.2, 0.25) is 0 Å². The first-order chi connectivity index (χ1) is 10.7. The van der Waals surface area contributed by atoms with Crippen LogP contribution in [0, 0.1) is 5.92 Å². The number of hydrogen-bond acceptors (Lipinski definition) is 4. The average Bonchev–Trinajstić information content (AvgIpc) is 3.25. The summed E-state index contributed by atoms with van der Waals surface area (Å²) in [7, 11) is 0. The van der Waals surface area contributed by atoms with Crippen molar-refractivity contribution in [2.75, 3.05) is 13.1 Å². The number of nitrogens with zero attached hydrogens (tertiary/aromatic N) is 3. The maximum absolute atomic E-state index is 12.6. The summed E-state index contributed by atoms with van der Waals surface area (Å²) in [4.78, 5) is 19.2. The molecule has 1 aliphatic heterocycles. The second kappa shape index (κ2) is 6.80. The topological polar surface area (TPSA) is 59.2 Å². The Morgan fingerprint density at radius 2 is 2.09 bits per heavy atom. The van der Waals surface area contributed by atoms with Crippen LogP contribution in [-0.2, 0) is 4.79 Å². The van der Waals surface area contributed by atoms with Crippen molar-refractivity contribution in [1.29, 1.82) is 0 Å². The minimum atomic E-state index is 0.212. The van der Waals surface area contributed by atoms with Gasteiger partial charge in [0.25, 0.3) is 0 Å². The lowest BCUT2D eigenvalue weighted by Crippen LogP contribution is -2.41. The molecule has 2 unspecified atom stereocenters. The van der Waals surface area contributed by atoms with Gasteiger partial charge in [-0.05, 0) is 32.1 Å². The Kier molecular flexibility index (Phi) is 4.79. The lowest BCUT2D eigenvalue weighted by molar-refractivity contribution is -0.136. The number of piperidine rings is 1. The third-order valence-electron chi connectivity index (χ3n) is 5.30. The molecule has 0 N–H and O–H groups in total. The fourth-order valence-corrected chi connectivity index (χ4v) is 3.61. The van der Waals surface area contributed by atoms with Crippen LogP contribution in [0.25, 0.3) is 0 Å². The van der Waals surface area contributed by atoms with Crippen LogP contribution in [0.3, 0.4) is 0 Å². The summed E-state index contributed by atoms with van der Waals surface area (Å²) in [6.07, 6.45) is 7.62. The van der Waals surface area contributed by atoms with Crippen molar-refractivity contribution in [3.63, 3.8) is 0 Å². The normalized spacial score (nSPS) is 24.6. The SMILES string of the molecule is CCC(C)c1noc(C2CCCN(C(=O)C3CCCC3)C2)n1. The Morgan fingerprint density at radius 1 is 1.32 bits per heavy atom. The number of rotatable bonds is 4. The molecule has 2 aliphatic rings. The van der Waals surface area contributed by atoms with Gasteiger partial charge in [0.15, 0.2) is 5.82 Å². The van der Waals surface area contributed by atoms with Gasteiger partial charge in [-0.25, -0.2) is 0 Å². The minimum Gasteiger partial charge on any atom is -0.342 e. The Morgan fingerprint density at radius 3 is 2.82 bits per heavy atom. The van der Waals surface area contributed by atoms with E-state index in [0.717, 1.165) is 56.9 Å². The number of hydrogen-bond donors (Lipinski definition) is 0. The lowest BCUT2D eigenvalue weighted by atomic mass is 9.96. The maximum Gasteiger partial charge on any atom is 0.231 e. The summed E-state index contributed by atoms with van der Waals surface area (Å²) in [5.74, 6) is 2.68. The van der Waals surface area contributed by atoms with E-state index >= 15 is 0 Å². The summed E-state index contributed by atoms with van der Waals surface area (Å²) < 4.78 is 5.48. The first-order valence-electron chi connectivity index (χ1n) is 8.81. The Hall–Kier alpha value is -1.39. The molecular weight excluding hydrogens is 278 g/mol. The van der Waals surface area contributed by atoms with Gasteiger partial charge in [0.05, 0.1) is 5.92 Å². The van der Waals surface area contributed by atoms with E-state index in [1.807, 2.05) is 4.90 Å². The molecule has 0 aromatic carbocycles. The number of aromatic nitrogens is 2. The van der Waals surface area contributed by atoms with E-state index in [9.17, 15) is 4.79 Å². The number of likely N-dealkylation sites (tertiary alicyclic amines) is 1. The highest BCUT2D eigenvalue weighted by Gasteiger charge is 2.33. The van der Waals surface area contributed by atoms with Crippen LogP contribution in [-0.4, -0.2) is 34.0 Å². The highest BCUT2D eigenvalue weighted by molar-refractivity contribution is 5.79. The predicted molar refractivity (Wildman–Crippen MR) is 83.5 cm³/mol. The van der Waals surface area contributed by atoms with Gasteiger partial charge in [-0.3, -0.25) is 4.79 Å². The zero-order valence-electron chi connectivity index (χ0n) is 13.8. The molecule has 0 bridgehead atoms. The quantitative estimate of drug-likeness (QED) is 0.854. The van der Waals surface area contributed by atoms with Gasteiger partial charge >= 0.3 is 0 Å². The largest absolute Gasteiger partial charge is 0.342 e. The van der Waals surface area contributed by atoms with E-state index in [-0.39, 0.29) is 11.8 Å². The van der Waals surface area contributed by atoms with Crippen molar-refractivity contribution >= 4 is 5.91 Å². The van der Waals surface area contributed by atoms with E-state index in [2.05, 4.69) is 24.0 Å². The van der Waals surface area contributed by atoms with Crippen LogP contribution < -0.4 is 0 Å². The Balaban J connectivity index is 1.65. The zero-order valence-corrected chi connectivity index (χ0v) is 13.8. The molecule has 5 nitrogen and oxygen atoms in total. The van der Waals surface area contributed by atoms with Crippen LogP contribution in [0.1, 0.15) is 82.3 Å². The highest BCUT2D eigenvalue weighted by atomic mass is 16.5. The van der Waals surface area contributed by atoms with Gasteiger partial charge in [-0.15, -0.1) is 0 Å². The van der Waals surface area contributed by atoms with E-state index in [1.54, 1.807) is 0 Å². The van der Waals surface area contributed by atoms with Crippen molar-refractivity contribution < 1.29 is 9.32 Å². The van der Waals surface area contributed by atoms with Gasteiger partial charge in [0.2, 0.25) is 11.8 Å². The summed E-state index contributed by atoms with van der Waals surface area (Å²) in [5.41, 5.74) is 0. The maximum atomic E-state index is 12.6. The van der Waals surface area contributed by atoms with Crippen molar-refractivity contribution in [2.24, 2.45) is 5.92 Å². The van der Waals surface area contributed by atoms with Crippen LogP contribution in [0.4, 0.5) is 0 Å². The standard InChI is InChI=1S/C17H27N3O2/c1-3-12(2)15-18-16(22-19-15)14-9-6-10-20(11-14)17(21)13-7-4-5-8-13/h12-14H,3-11H2,1-2H3. The van der Waals surface area contributed by atoms with E-state index in [0.29, 0.717) is 11.8 Å². The number of carbonyl (C=O) groups is 1. The van der Waals surface area contributed by atoms with Crippen molar-refractivity contribution in [3.8, 4) is 0 Å². The van der Waals surface area contributed by atoms with Crippen LogP contribution >= 0.6 is 0 Å². The first kappa shape index (κ1) is 15.5. The van der Waals surface area contributed by atoms with E-state index in [4.69, 9.17) is 4.52 Å². The second-order valence-electron chi connectivity index (χ2n) is 6.90. The minimum absolute atomic E-state index is 0.212. The molecule has 3 rings (SSSR count). The van der Waals surface area contributed by atoms with Crippen molar-refractivity contribution in [3.05, 3.63) is 11.7 Å². The monoisotopic (exact) mass is 305 g/mol. The third-order valence-corrected chi connectivity index (χ3v) is 5.30. The molecule has 2 fully saturated rings. The second-order valence-corrected chi connectivity index (χ2v) is 6.90. The van der Waals surface area contributed by atoms with Gasteiger partial charge in [0, 0.05) is 24.9 Å². The van der Waals surface area contributed by atoms with Gasteiger partial charge in [-0.1, -0.05) is 31.8 Å². The Bertz CT molecular complexity index is 508. The fourth-order valence-electron chi connectivity index (χ4n) is 3.61. The molecule has 1 saturated heterocycles. The summed E-state index contributed by atoms with van der Waals surface area (Å²) in [6.45, 7) is 5.88. The molecule has 122 valence electrons. The lowest BCUT2D eigenvalue weighted by Gasteiger charge is -2.32. The van der Waals surface area contributed by atoms with Gasteiger partial charge in [-0.2, -0.15) is 4.98 Å². The molecule has 1 aliphatic carbocycles. The molecule has 1 aromatic rings. The molecule has 0 radical (unpaired) electrons. The molecule has 2 heterocycles. The number of amides is 1. The van der Waals surface area contributed by atoms with Crippen molar-refractivity contribution in [1.82, 2.24) is 15.0 Å². The molecule has 22 heavy (non-hydrogen) atoms. The highest BCUT2D eigenvalue weighted by Crippen LogP contribution is 2.31.